The molecule has 0 radical (unpaired) electrons. The second kappa shape index (κ2) is 6.49. The summed E-state index contributed by atoms with van der Waals surface area (Å²) in [4.78, 5) is 0. The number of rotatable bonds is 4. The molecular weight excluding hydrogens is 295 g/mol. The Kier molecular flexibility index (Phi) is 4.92. The van der Waals surface area contributed by atoms with Gasteiger partial charge in [-0.1, -0.05) is 41.4 Å². The zero-order valence-electron chi connectivity index (χ0n) is 11.4. The van der Waals surface area contributed by atoms with E-state index in [1.165, 1.54) is 0 Å². The highest BCUT2D eigenvalue weighted by atomic mass is 35.5. The first-order valence-corrected chi connectivity index (χ1v) is 7.08. The van der Waals surface area contributed by atoms with Gasteiger partial charge in [-0.3, -0.25) is 0 Å². The van der Waals surface area contributed by atoms with E-state index < -0.39 is 6.10 Å². The first-order chi connectivity index (χ1) is 9.47. The van der Waals surface area contributed by atoms with Crippen molar-refractivity contribution in [2.45, 2.75) is 26.6 Å². The summed E-state index contributed by atoms with van der Waals surface area (Å²) in [7, 11) is 0. The highest BCUT2D eigenvalue weighted by Gasteiger charge is 2.10. The molecule has 2 aromatic rings. The highest BCUT2D eigenvalue weighted by Crippen LogP contribution is 2.28. The summed E-state index contributed by atoms with van der Waals surface area (Å²) in [6.07, 6.45) is -0.578. The average molecular weight is 311 g/mol. The first-order valence-electron chi connectivity index (χ1n) is 6.32. The Hall–Kier alpha value is -1.22. The van der Waals surface area contributed by atoms with Crippen molar-refractivity contribution in [3.05, 3.63) is 63.1 Å². The summed E-state index contributed by atoms with van der Waals surface area (Å²) in [5.74, 6) is 0.672. The molecule has 0 aliphatic carbocycles. The van der Waals surface area contributed by atoms with Crippen LogP contribution < -0.4 is 4.74 Å². The van der Waals surface area contributed by atoms with Crippen molar-refractivity contribution in [1.29, 1.82) is 0 Å². The van der Waals surface area contributed by atoms with Gasteiger partial charge in [0.1, 0.15) is 12.4 Å². The Morgan fingerprint density at radius 2 is 1.90 bits per heavy atom. The molecule has 1 unspecified atom stereocenters. The molecule has 2 rings (SSSR count). The SMILES string of the molecule is Cc1ccc(C(C)O)c(OCc2ccc(Cl)cc2Cl)c1. The van der Waals surface area contributed by atoms with E-state index >= 15 is 0 Å². The van der Waals surface area contributed by atoms with E-state index in [9.17, 15) is 5.11 Å². The van der Waals surface area contributed by atoms with Crippen molar-refractivity contribution in [1.82, 2.24) is 0 Å². The molecule has 0 heterocycles. The smallest absolute Gasteiger partial charge is 0.125 e. The van der Waals surface area contributed by atoms with Crippen molar-refractivity contribution in [2.75, 3.05) is 0 Å². The minimum atomic E-state index is -0.578. The molecule has 0 aromatic heterocycles. The lowest BCUT2D eigenvalue weighted by atomic mass is 10.1. The molecule has 0 aliphatic rings. The summed E-state index contributed by atoms with van der Waals surface area (Å²) in [5.41, 5.74) is 2.70. The topological polar surface area (TPSA) is 29.5 Å². The first kappa shape index (κ1) is 15.2. The number of halogens is 2. The number of aryl methyl sites for hydroxylation is 1. The van der Waals surface area contributed by atoms with Crippen LogP contribution in [0.15, 0.2) is 36.4 Å². The van der Waals surface area contributed by atoms with Crippen molar-refractivity contribution >= 4 is 23.2 Å². The normalized spacial score (nSPS) is 12.2. The van der Waals surface area contributed by atoms with Crippen LogP contribution in [0.5, 0.6) is 5.75 Å². The molecule has 0 amide bonds. The lowest BCUT2D eigenvalue weighted by molar-refractivity contribution is 0.190. The van der Waals surface area contributed by atoms with Crippen LogP contribution in [0.25, 0.3) is 0 Å². The molecule has 0 saturated carbocycles. The number of hydrogen-bond acceptors (Lipinski definition) is 2. The van der Waals surface area contributed by atoms with Gasteiger partial charge in [0, 0.05) is 21.2 Å². The maximum atomic E-state index is 9.76. The van der Waals surface area contributed by atoms with Gasteiger partial charge in [-0.25, -0.2) is 0 Å². The van der Waals surface area contributed by atoms with Gasteiger partial charge in [0.2, 0.25) is 0 Å². The van der Waals surface area contributed by atoms with Crippen LogP contribution in [0.1, 0.15) is 29.7 Å². The molecular formula is C16H16Cl2O2. The van der Waals surface area contributed by atoms with Crippen LogP contribution in [-0.4, -0.2) is 5.11 Å². The number of hydrogen-bond donors (Lipinski definition) is 1. The Labute approximate surface area is 128 Å². The molecule has 2 aromatic carbocycles. The van der Waals surface area contributed by atoms with Crippen LogP contribution in [0.2, 0.25) is 10.0 Å². The van der Waals surface area contributed by atoms with Crippen molar-refractivity contribution in [3.63, 3.8) is 0 Å². The van der Waals surface area contributed by atoms with E-state index in [2.05, 4.69) is 0 Å². The number of aliphatic hydroxyl groups is 1. The van der Waals surface area contributed by atoms with Crippen molar-refractivity contribution in [2.24, 2.45) is 0 Å². The lowest BCUT2D eigenvalue weighted by Crippen LogP contribution is -2.02. The molecule has 0 bridgehead atoms. The average Bonchev–Trinajstić information content (AvgIpc) is 2.37. The van der Waals surface area contributed by atoms with E-state index in [4.69, 9.17) is 27.9 Å². The molecule has 0 fully saturated rings. The molecule has 0 saturated heterocycles. The van der Waals surface area contributed by atoms with Crippen molar-refractivity contribution < 1.29 is 9.84 Å². The number of aliphatic hydroxyl groups excluding tert-OH is 1. The zero-order chi connectivity index (χ0) is 14.7. The third-order valence-corrected chi connectivity index (χ3v) is 3.60. The Bertz CT molecular complexity index is 609. The van der Waals surface area contributed by atoms with E-state index in [1.54, 1.807) is 19.1 Å². The monoisotopic (exact) mass is 310 g/mol. The van der Waals surface area contributed by atoms with Crippen LogP contribution >= 0.6 is 23.2 Å². The van der Waals surface area contributed by atoms with E-state index in [1.807, 2.05) is 31.2 Å². The van der Waals surface area contributed by atoms with Crippen LogP contribution in [0.4, 0.5) is 0 Å². The summed E-state index contributed by atoms with van der Waals surface area (Å²) in [5, 5.41) is 10.9. The van der Waals surface area contributed by atoms with Gasteiger partial charge in [0.15, 0.2) is 0 Å². The van der Waals surface area contributed by atoms with Crippen LogP contribution in [0.3, 0.4) is 0 Å². The van der Waals surface area contributed by atoms with Gasteiger partial charge in [-0.2, -0.15) is 0 Å². The van der Waals surface area contributed by atoms with Gasteiger partial charge in [-0.05, 0) is 37.6 Å². The second-order valence-corrected chi connectivity index (χ2v) is 5.59. The molecule has 106 valence electrons. The summed E-state index contributed by atoms with van der Waals surface area (Å²) < 4.78 is 5.80. The maximum absolute atomic E-state index is 9.76. The molecule has 1 N–H and O–H groups in total. The fraction of sp³-hybridized carbons (Fsp3) is 0.250. The number of ether oxygens (including phenoxy) is 1. The third-order valence-electron chi connectivity index (χ3n) is 3.02. The quantitative estimate of drug-likeness (QED) is 0.867. The molecule has 1 atom stereocenters. The third kappa shape index (κ3) is 3.66. The summed E-state index contributed by atoms with van der Waals surface area (Å²) >= 11 is 12.0. The minimum Gasteiger partial charge on any atom is -0.488 e. The van der Waals surface area contributed by atoms with Gasteiger partial charge < -0.3 is 9.84 Å². The Balaban J connectivity index is 2.20. The highest BCUT2D eigenvalue weighted by molar-refractivity contribution is 6.35. The predicted octanol–water partition coefficient (Wildman–Crippen LogP) is 4.93. The Morgan fingerprint density at radius 1 is 1.15 bits per heavy atom. The van der Waals surface area contributed by atoms with Gasteiger partial charge in [0.25, 0.3) is 0 Å². The van der Waals surface area contributed by atoms with Crippen LogP contribution in [0, 0.1) is 6.92 Å². The second-order valence-electron chi connectivity index (χ2n) is 4.74. The van der Waals surface area contributed by atoms with Gasteiger partial charge in [-0.15, -0.1) is 0 Å². The molecule has 0 spiro atoms. The van der Waals surface area contributed by atoms with Gasteiger partial charge in [0.05, 0.1) is 6.10 Å². The van der Waals surface area contributed by atoms with Crippen LogP contribution in [-0.2, 0) is 6.61 Å². The predicted molar refractivity (Wildman–Crippen MR) is 82.6 cm³/mol. The summed E-state index contributed by atoms with van der Waals surface area (Å²) in [6.45, 7) is 4.03. The standard InChI is InChI=1S/C16H16Cl2O2/c1-10-3-6-14(11(2)19)16(7-10)20-9-12-4-5-13(17)8-15(12)18/h3-8,11,19H,9H2,1-2H3. The lowest BCUT2D eigenvalue weighted by Gasteiger charge is -2.15. The van der Waals surface area contributed by atoms with Gasteiger partial charge >= 0.3 is 0 Å². The largest absolute Gasteiger partial charge is 0.488 e. The van der Waals surface area contributed by atoms with E-state index in [0.29, 0.717) is 22.4 Å². The Morgan fingerprint density at radius 3 is 2.55 bits per heavy atom. The molecule has 2 nitrogen and oxygen atoms in total. The minimum absolute atomic E-state index is 0.333. The number of benzene rings is 2. The fourth-order valence-corrected chi connectivity index (χ4v) is 2.37. The van der Waals surface area contributed by atoms with Crippen molar-refractivity contribution in [3.8, 4) is 5.75 Å². The fourth-order valence-electron chi connectivity index (χ4n) is 1.91. The maximum Gasteiger partial charge on any atom is 0.125 e. The molecule has 0 aliphatic heterocycles. The van der Waals surface area contributed by atoms with E-state index in [0.717, 1.165) is 16.7 Å². The zero-order valence-corrected chi connectivity index (χ0v) is 12.9. The summed E-state index contributed by atoms with van der Waals surface area (Å²) in [6, 6.07) is 11.0. The van der Waals surface area contributed by atoms with E-state index in [-0.39, 0.29) is 0 Å². The molecule has 4 heteroatoms. The molecule has 20 heavy (non-hydrogen) atoms.